The summed E-state index contributed by atoms with van der Waals surface area (Å²) in [5.41, 5.74) is 8.53. The molecule has 0 aliphatic carbocycles. The fraction of sp³-hybridized carbons (Fsp3) is 0.300. The lowest BCUT2D eigenvalue weighted by molar-refractivity contribution is 0.0741. The van der Waals surface area contributed by atoms with Gasteiger partial charge in [0.25, 0.3) is 5.91 Å². The second-order valence-corrected chi connectivity index (χ2v) is 7.59. The molecule has 0 bridgehead atoms. The van der Waals surface area contributed by atoms with Crippen LogP contribution in [0.4, 0.5) is 0 Å². The highest BCUT2D eigenvalue weighted by atomic mass is 32.2. The minimum atomic E-state index is 0.0925. The van der Waals surface area contributed by atoms with Crippen LogP contribution < -0.4 is 5.73 Å². The molecule has 0 spiro atoms. The van der Waals surface area contributed by atoms with E-state index in [1.807, 2.05) is 58.0 Å². The molecule has 1 fully saturated rings. The van der Waals surface area contributed by atoms with E-state index < -0.39 is 0 Å². The lowest BCUT2D eigenvalue weighted by Crippen LogP contribution is -2.39. The lowest BCUT2D eigenvalue weighted by Gasteiger charge is -2.23. The Bertz CT molecular complexity index is 873. The highest BCUT2D eigenvalue weighted by Gasteiger charge is 2.28. The summed E-state index contributed by atoms with van der Waals surface area (Å²) in [7, 11) is 0. The predicted octanol–water partition coefficient (Wildman–Crippen LogP) is 3.19. The van der Waals surface area contributed by atoms with Gasteiger partial charge in [-0.05, 0) is 49.2 Å². The van der Waals surface area contributed by atoms with Crippen LogP contribution in [0.3, 0.4) is 0 Å². The van der Waals surface area contributed by atoms with E-state index in [4.69, 9.17) is 5.73 Å². The number of aromatic nitrogens is 2. The van der Waals surface area contributed by atoms with Crippen LogP contribution in [0.1, 0.15) is 28.9 Å². The van der Waals surface area contributed by atoms with Crippen molar-refractivity contribution in [3.8, 4) is 0 Å². The van der Waals surface area contributed by atoms with Crippen molar-refractivity contribution in [2.24, 2.45) is 5.73 Å². The number of nitrogens with two attached hydrogens (primary N) is 1. The van der Waals surface area contributed by atoms with Crippen molar-refractivity contribution in [3.63, 3.8) is 0 Å². The van der Waals surface area contributed by atoms with Crippen LogP contribution in [0, 0.1) is 0 Å². The van der Waals surface area contributed by atoms with Gasteiger partial charge >= 0.3 is 0 Å². The van der Waals surface area contributed by atoms with Gasteiger partial charge in [0.05, 0.1) is 5.69 Å². The Morgan fingerprint density at radius 1 is 1.23 bits per heavy atom. The number of thioether (sulfide) groups is 1. The third kappa shape index (κ3) is 3.48. The predicted molar refractivity (Wildman–Crippen MR) is 104 cm³/mol. The largest absolute Gasteiger partial charge is 0.334 e. The number of nitrogens with zero attached hydrogens (tertiary/aromatic N) is 3. The molecule has 4 rings (SSSR count). The number of hydrogen-bond acceptors (Lipinski definition) is 4. The van der Waals surface area contributed by atoms with Crippen molar-refractivity contribution in [1.29, 1.82) is 0 Å². The Morgan fingerprint density at radius 2 is 2.08 bits per heavy atom. The lowest BCUT2D eigenvalue weighted by atomic mass is 10.1. The van der Waals surface area contributed by atoms with Gasteiger partial charge in [0.1, 0.15) is 5.65 Å². The molecule has 1 saturated heterocycles. The molecular formula is C20H22N4OS. The fourth-order valence-electron chi connectivity index (χ4n) is 3.42. The van der Waals surface area contributed by atoms with Crippen LogP contribution in [-0.4, -0.2) is 39.3 Å². The standard InChI is InChI=1S/C20H22N4OS/c21-12-17-4-3-11-24(17)20(25)15-6-8-18(9-7-15)26-14-16-13-23-10-2-1-5-19(23)22-16/h1-2,5-10,13,17H,3-4,11-12,14,21H2. The fourth-order valence-corrected chi connectivity index (χ4v) is 4.20. The van der Waals surface area contributed by atoms with Gasteiger partial charge in [-0.3, -0.25) is 4.79 Å². The molecular weight excluding hydrogens is 344 g/mol. The number of pyridine rings is 1. The number of fused-ring (bicyclic) bond motifs is 1. The third-order valence-electron chi connectivity index (χ3n) is 4.81. The van der Waals surface area contributed by atoms with Crippen LogP contribution in [0.5, 0.6) is 0 Å². The Balaban J connectivity index is 1.40. The highest BCUT2D eigenvalue weighted by molar-refractivity contribution is 7.98. The van der Waals surface area contributed by atoms with E-state index in [2.05, 4.69) is 11.2 Å². The summed E-state index contributed by atoms with van der Waals surface area (Å²) < 4.78 is 2.03. The molecule has 2 aromatic heterocycles. The summed E-state index contributed by atoms with van der Waals surface area (Å²) in [6.07, 6.45) is 6.11. The second kappa shape index (κ2) is 7.51. The highest BCUT2D eigenvalue weighted by Crippen LogP contribution is 2.25. The summed E-state index contributed by atoms with van der Waals surface area (Å²) in [6, 6.07) is 14.0. The normalized spacial score (nSPS) is 17.1. The summed E-state index contributed by atoms with van der Waals surface area (Å²) in [5, 5.41) is 0. The number of likely N-dealkylation sites (tertiary alicyclic amines) is 1. The van der Waals surface area contributed by atoms with E-state index in [0.29, 0.717) is 6.54 Å². The monoisotopic (exact) mass is 366 g/mol. The summed E-state index contributed by atoms with van der Waals surface area (Å²) in [4.78, 5) is 20.3. The van der Waals surface area contributed by atoms with Gasteiger partial charge in [0.15, 0.2) is 0 Å². The van der Waals surface area contributed by atoms with Crippen LogP contribution in [-0.2, 0) is 5.75 Å². The van der Waals surface area contributed by atoms with Crippen LogP contribution >= 0.6 is 11.8 Å². The number of hydrogen-bond donors (Lipinski definition) is 1. The number of carbonyl (C=O) groups excluding carboxylic acids is 1. The Hall–Kier alpha value is -2.31. The molecule has 6 heteroatoms. The molecule has 3 aromatic rings. The summed E-state index contributed by atoms with van der Waals surface area (Å²) >= 11 is 1.73. The first-order chi connectivity index (χ1) is 12.7. The molecule has 0 radical (unpaired) electrons. The van der Waals surface area contributed by atoms with E-state index in [-0.39, 0.29) is 11.9 Å². The van der Waals surface area contributed by atoms with Crippen LogP contribution in [0.25, 0.3) is 5.65 Å². The van der Waals surface area contributed by atoms with Gasteiger partial charge < -0.3 is 15.0 Å². The van der Waals surface area contributed by atoms with Crippen molar-refractivity contribution < 1.29 is 4.79 Å². The average Bonchev–Trinajstić information content (AvgIpc) is 3.32. The number of benzene rings is 1. The minimum absolute atomic E-state index is 0.0925. The van der Waals surface area contributed by atoms with E-state index >= 15 is 0 Å². The first-order valence-electron chi connectivity index (χ1n) is 8.91. The maximum absolute atomic E-state index is 12.7. The molecule has 0 saturated carbocycles. The minimum Gasteiger partial charge on any atom is -0.334 e. The third-order valence-corrected chi connectivity index (χ3v) is 5.86. The van der Waals surface area contributed by atoms with Crippen molar-refractivity contribution in [2.75, 3.05) is 13.1 Å². The molecule has 2 N–H and O–H groups in total. The molecule has 1 unspecified atom stereocenters. The van der Waals surface area contributed by atoms with Crippen molar-refractivity contribution >= 4 is 23.3 Å². The first kappa shape index (κ1) is 17.1. The number of carbonyl (C=O) groups is 1. The quantitative estimate of drug-likeness (QED) is 0.705. The number of imidazole rings is 1. The molecule has 1 atom stereocenters. The molecule has 1 aliphatic rings. The topological polar surface area (TPSA) is 63.6 Å². The summed E-state index contributed by atoms with van der Waals surface area (Å²) in [5.74, 6) is 0.894. The Labute approximate surface area is 157 Å². The van der Waals surface area contributed by atoms with Gasteiger partial charge in [-0.25, -0.2) is 4.98 Å². The van der Waals surface area contributed by atoms with E-state index in [0.717, 1.165) is 46.9 Å². The van der Waals surface area contributed by atoms with E-state index in [1.54, 1.807) is 11.8 Å². The Kier molecular flexibility index (Phi) is 4.95. The maximum Gasteiger partial charge on any atom is 0.254 e. The van der Waals surface area contributed by atoms with E-state index in [9.17, 15) is 4.79 Å². The molecule has 26 heavy (non-hydrogen) atoms. The molecule has 5 nitrogen and oxygen atoms in total. The molecule has 1 aliphatic heterocycles. The van der Waals surface area contributed by atoms with Gasteiger partial charge in [0.2, 0.25) is 0 Å². The second-order valence-electron chi connectivity index (χ2n) is 6.54. The SMILES string of the molecule is NCC1CCCN1C(=O)c1ccc(SCc2cn3ccccc3n2)cc1. The smallest absolute Gasteiger partial charge is 0.254 e. The van der Waals surface area contributed by atoms with Gasteiger partial charge in [0, 0.05) is 47.7 Å². The average molecular weight is 366 g/mol. The molecule has 134 valence electrons. The first-order valence-corrected chi connectivity index (χ1v) is 9.89. The van der Waals surface area contributed by atoms with Crippen molar-refractivity contribution in [1.82, 2.24) is 14.3 Å². The van der Waals surface area contributed by atoms with E-state index in [1.165, 1.54) is 0 Å². The zero-order valence-electron chi connectivity index (χ0n) is 14.5. The molecule has 1 amide bonds. The van der Waals surface area contributed by atoms with Crippen LogP contribution in [0.2, 0.25) is 0 Å². The number of rotatable bonds is 5. The maximum atomic E-state index is 12.7. The van der Waals surface area contributed by atoms with Crippen molar-refractivity contribution in [3.05, 3.63) is 66.1 Å². The summed E-state index contributed by atoms with van der Waals surface area (Å²) in [6.45, 7) is 1.35. The molecule has 3 heterocycles. The van der Waals surface area contributed by atoms with Gasteiger partial charge in [-0.2, -0.15) is 0 Å². The number of amides is 1. The van der Waals surface area contributed by atoms with Crippen LogP contribution in [0.15, 0.2) is 59.8 Å². The van der Waals surface area contributed by atoms with Crippen molar-refractivity contribution in [2.45, 2.75) is 29.5 Å². The Morgan fingerprint density at radius 3 is 2.85 bits per heavy atom. The molecule has 1 aromatic carbocycles. The zero-order valence-corrected chi connectivity index (χ0v) is 15.4. The zero-order chi connectivity index (χ0) is 17.9. The van der Waals surface area contributed by atoms with Gasteiger partial charge in [-0.1, -0.05) is 6.07 Å². The van der Waals surface area contributed by atoms with Gasteiger partial charge in [-0.15, -0.1) is 11.8 Å².